The van der Waals surface area contributed by atoms with Crippen molar-refractivity contribution in [2.24, 2.45) is 0 Å². The van der Waals surface area contributed by atoms with Crippen LogP contribution in [-0.4, -0.2) is 20.4 Å². The molecule has 0 aliphatic rings. The number of H-pyrrole nitrogens is 1. The van der Waals surface area contributed by atoms with E-state index in [0.29, 0.717) is 18.0 Å². The number of halogens is 1. The first-order valence-corrected chi connectivity index (χ1v) is 10.3. The van der Waals surface area contributed by atoms with Crippen LogP contribution in [-0.2, 0) is 6.42 Å². The topological polar surface area (TPSA) is 106 Å². The number of nitrogen functional groups attached to an aromatic ring is 1. The van der Waals surface area contributed by atoms with Crippen molar-refractivity contribution in [1.29, 1.82) is 0 Å². The van der Waals surface area contributed by atoms with Crippen molar-refractivity contribution in [2.45, 2.75) is 16.2 Å². The normalized spacial score (nSPS) is 11.1. The maximum Gasteiger partial charge on any atom is 0.320 e. The van der Waals surface area contributed by atoms with Gasteiger partial charge in [-0.25, -0.2) is 4.39 Å². The molecule has 4 N–H and O–H groups in total. The maximum absolute atomic E-state index is 13.4. The van der Waals surface area contributed by atoms with Gasteiger partial charge in [-0.15, -0.1) is 5.10 Å². The highest BCUT2D eigenvalue weighted by Gasteiger charge is 2.15. The lowest BCUT2D eigenvalue weighted by molar-refractivity contribution is 0.520. The van der Waals surface area contributed by atoms with Gasteiger partial charge in [-0.05, 0) is 48.0 Å². The number of anilines is 3. The van der Waals surface area contributed by atoms with Crippen LogP contribution in [0.4, 0.5) is 21.8 Å². The zero-order valence-electron chi connectivity index (χ0n) is 16.2. The summed E-state index contributed by atoms with van der Waals surface area (Å²) in [6.07, 6.45) is 2.12. The molecule has 0 fully saturated rings. The zero-order valence-corrected chi connectivity index (χ0v) is 17.0. The number of hydrogen-bond acceptors (Lipinski definition) is 7. The first-order valence-electron chi connectivity index (χ1n) is 9.47. The van der Waals surface area contributed by atoms with Crippen LogP contribution >= 0.6 is 11.8 Å². The van der Waals surface area contributed by atoms with Crippen LogP contribution in [0.3, 0.4) is 0 Å². The Labute approximate surface area is 180 Å². The number of aromatic amines is 1. The Morgan fingerprint density at radius 2 is 1.97 bits per heavy atom. The molecule has 3 aromatic carbocycles. The smallest absolute Gasteiger partial charge is 0.320 e. The molecule has 0 unspecified atom stereocenters. The summed E-state index contributed by atoms with van der Waals surface area (Å²) in [5.41, 5.74) is 9.09. The molecule has 0 aliphatic heterocycles. The van der Waals surface area contributed by atoms with E-state index in [1.54, 1.807) is 24.0 Å². The maximum atomic E-state index is 13.4. The predicted octanol–water partition coefficient (Wildman–Crippen LogP) is 5.15. The third-order valence-corrected chi connectivity index (χ3v) is 5.74. The van der Waals surface area contributed by atoms with E-state index in [1.165, 1.54) is 12.1 Å². The molecule has 0 atom stereocenters. The van der Waals surface area contributed by atoms with E-state index in [-0.39, 0.29) is 11.8 Å². The lowest BCUT2D eigenvalue weighted by Crippen LogP contribution is -1.94. The fourth-order valence-electron chi connectivity index (χ4n) is 3.21. The van der Waals surface area contributed by atoms with Gasteiger partial charge in [-0.1, -0.05) is 35.1 Å². The molecule has 0 amide bonds. The SMILES string of the molecule is Nc1cccc(Sc2c(Nc3nnc(Cc4cccc(F)c4)o3)ccc3[nH]ncc23)c1. The van der Waals surface area contributed by atoms with Crippen LogP contribution < -0.4 is 11.1 Å². The van der Waals surface area contributed by atoms with Crippen molar-refractivity contribution in [2.75, 3.05) is 11.1 Å². The summed E-state index contributed by atoms with van der Waals surface area (Å²) in [6.45, 7) is 0. The quantitative estimate of drug-likeness (QED) is 0.319. The highest BCUT2D eigenvalue weighted by Crippen LogP contribution is 2.40. The van der Waals surface area contributed by atoms with E-state index < -0.39 is 0 Å². The first-order chi connectivity index (χ1) is 15.1. The van der Waals surface area contributed by atoms with Crippen molar-refractivity contribution in [3.8, 4) is 0 Å². The molecule has 0 aliphatic carbocycles. The standard InChI is InChI=1S/C22H17FN6OS/c23-14-4-1-3-13(9-14)10-20-28-29-22(30-20)26-19-8-7-18-17(12-25-27-18)21(19)31-16-6-2-5-15(24)11-16/h1-9,11-12H,10,24H2,(H,25,27)(H,26,29). The van der Waals surface area contributed by atoms with Gasteiger partial charge in [0.25, 0.3) is 0 Å². The van der Waals surface area contributed by atoms with Crippen molar-refractivity contribution in [3.05, 3.63) is 84.1 Å². The van der Waals surface area contributed by atoms with Gasteiger partial charge in [0.05, 0.1) is 23.8 Å². The van der Waals surface area contributed by atoms with Gasteiger partial charge in [0, 0.05) is 20.9 Å². The van der Waals surface area contributed by atoms with Gasteiger partial charge < -0.3 is 15.5 Å². The van der Waals surface area contributed by atoms with E-state index >= 15 is 0 Å². The van der Waals surface area contributed by atoms with Crippen LogP contribution in [0.15, 0.2) is 81.1 Å². The van der Waals surface area contributed by atoms with E-state index in [0.717, 1.165) is 31.9 Å². The third-order valence-electron chi connectivity index (χ3n) is 4.61. The van der Waals surface area contributed by atoms with Gasteiger partial charge in [0.15, 0.2) is 0 Å². The summed E-state index contributed by atoms with van der Waals surface area (Å²) in [4.78, 5) is 1.94. The highest BCUT2D eigenvalue weighted by atomic mass is 32.2. The van der Waals surface area contributed by atoms with Crippen LogP contribution in [0.2, 0.25) is 0 Å². The minimum Gasteiger partial charge on any atom is -0.408 e. The molecule has 0 radical (unpaired) electrons. The molecule has 0 saturated carbocycles. The zero-order chi connectivity index (χ0) is 21.2. The predicted molar refractivity (Wildman–Crippen MR) is 118 cm³/mol. The van der Waals surface area contributed by atoms with Crippen LogP contribution in [0.25, 0.3) is 10.9 Å². The fourth-order valence-corrected chi connectivity index (χ4v) is 4.29. The number of nitrogens with one attached hydrogen (secondary N) is 2. The molecule has 5 rings (SSSR count). The van der Waals surface area contributed by atoms with Crippen LogP contribution in [0.1, 0.15) is 11.5 Å². The van der Waals surface area contributed by atoms with E-state index in [9.17, 15) is 4.39 Å². The van der Waals surface area contributed by atoms with Gasteiger partial charge in [0.1, 0.15) is 5.82 Å². The fraction of sp³-hybridized carbons (Fsp3) is 0.0455. The number of rotatable bonds is 6. The molecule has 0 saturated heterocycles. The Morgan fingerprint density at radius 1 is 1.06 bits per heavy atom. The highest BCUT2D eigenvalue weighted by molar-refractivity contribution is 7.99. The van der Waals surface area contributed by atoms with Gasteiger partial charge >= 0.3 is 6.01 Å². The number of aromatic nitrogens is 4. The van der Waals surface area contributed by atoms with E-state index in [4.69, 9.17) is 10.2 Å². The van der Waals surface area contributed by atoms with Gasteiger partial charge in [-0.3, -0.25) is 5.10 Å². The second kappa shape index (κ2) is 8.11. The molecule has 31 heavy (non-hydrogen) atoms. The second-order valence-corrected chi connectivity index (χ2v) is 7.96. The Kier molecular flexibility index (Phi) is 5.01. The van der Waals surface area contributed by atoms with Crippen molar-refractivity contribution in [3.63, 3.8) is 0 Å². The van der Waals surface area contributed by atoms with Gasteiger partial charge in [0.2, 0.25) is 5.89 Å². The minimum absolute atomic E-state index is 0.253. The number of fused-ring (bicyclic) bond motifs is 1. The van der Waals surface area contributed by atoms with Crippen molar-refractivity contribution >= 4 is 40.1 Å². The average Bonchev–Trinajstić information content (AvgIpc) is 3.39. The molecular formula is C22H17FN6OS. The summed E-state index contributed by atoms with van der Waals surface area (Å²) >= 11 is 1.56. The Bertz CT molecular complexity index is 1370. The summed E-state index contributed by atoms with van der Waals surface area (Å²) in [5.74, 6) is 0.0921. The minimum atomic E-state index is -0.299. The molecule has 154 valence electrons. The Morgan fingerprint density at radius 3 is 2.84 bits per heavy atom. The molecule has 5 aromatic rings. The number of nitrogens with two attached hydrogens (primary N) is 1. The van der Waals surface area contributed by atoms with Crippen molar-refractivity contribution in [1.82, 2.24) is 20.4 Å². The molecule has 2 heterocycles. The summed E-state index contributed by atoms with van der Waals surface area (Å²) in [6, 6.07) is 18.1. The van der Waals surface area contributed by atoms with Gasteiger partial charge in [-0.2, -0.15) is 5.10 Å². The molecule has 0 bridgehead atoms. The number of benzene rings is 3. The second-order valence-electron chi connectivity index (χ2n) is 6.88. The summed E-state index contributed by atoms with van der Waals surface area (Å²) in [5, 5.41) is 19.5. The Balaban J connectivity index is 1.43. The van der Waals surface area contributed by atoms with Crippen molar-refractivity contribution < 1.29 is 8.81 Å². The van der Waals surface area contributed by atoms with E-state index in [2.05, 4.69) is 25.7 Å². The van der Waals surface area contributed by atoms with Crippen LogP contribution in [0, 0.1) is 5.82 Å². The molecular weight excluding hydrogens is 415 g/mol. The summed E-state index contributed by atoms with van der Waals surface area (Å²) in [7, 11) is 0. The first kappa shape index (κ1) is 19.1. The largest absolute Gasteiger partial charge is 0.408 e. The number of hydrogen-bond donors (Lipinski definition) is 3. The summed E-state index contributed by atoms with van der Waals surface area (Å²) < 4.78 is 19.2. The molecule has 7 nitrogen and oxygen atoms in total. The lowest BCUT2D eigenvalue weighted by Gasteiger charge is -2.11. The Hall–Kier alpha value is -3.85. The van der Waals surface area contributed by atoms with Crippen LogP contribution in [0.5, 0.6) is 0 Å². The van der Waals surface area contributed by atoms with E-state index in [1.807, 2.05) is 42.5 Å². The third kappa shape index (κ3) is 4.22. The molecule has 9 heteroatoms. The lowest BCUT2D eigenvalue weighted by atomic mass is 10.1. The average molecular weight is 432 g/mol. The monoisotopic (exact) mass is 432 g/mol. The molecule has 2 aromatic heterocycles. The number of nitrogens with zero attached hydrogens (tertiary/aromatic N) is 3. The molecule has 0 spiro atoms.